The summed E-state index contributed by atoms with van der Waals surface area (Å²) < 4.78 is 6.08. The molecule has 0 aliphatic carbocycles. The van der Waals surface area contributed by atoms with Crippen molar-refractivity contribution in [3.8, 4) is 0 Å². The number of nitrogens with one attached hydrogen (secondary N) is 1. The Morgan fingerprint density at radius 3 is 2.90 bits per heavy atom. The van der Waals surface area contributed by atoms with Crippen LogP contribution in [0.15, 0.2) is 24.3 Å². The first kappa shape index (κ1) is 14.7. The maximum atomic E-state index is 6.08. The Balaban J connectivity index is 1.60. The van der Waals surface area contributed by atoms with E-state index in [0.717, 1.165) is 24.5 Å². The number of halogens is 1. The lowest BCUT2D eigenvalue weighted by molar-refractivity contribution is -0.0711. The second-order valence-corrected chi connectivity index (χ2v) is 7.51. The molecule has 2 fully saturated rings. The van der Waals surface area contributed by atoms with Gasteiger partial charge in [-0.3, -0.25) is 0 Å². The highest BCUT2D eigenvalue weighted by molar-refractivity contribution is 7.99. The number of ether oxygens (including phenoxy) is 1. The van der Waals surface area contributed by atoms with Gasteiger partial charge in [0, 0.05) is 29.5 Å². The molecule has 0 aromatic heterocycles. The highest BCUT2D eigenvalue weighted by atomic mass is 35.5. The monoisotopic (exact) mass is 311 g/mol. The molecule has 2 aliphatic heterocycles. The van der Waals surface area contributed by atoms with Crippen molar-refractivity contribution in [2.24, 2.45) is 0 Å². The van der Waals surface area contributed by atoms with E-state index in [1.165, 1.54) is 23.5 Å². The largest absolute Gasteiger partial charge is 0.374 e. The Labute approximate surface area is 130 Å². The maximum absolute atomic E-state index is 6.08. The average molecular weight is 312 g/mol. The third-order valence-corrected chi connectivity index (χ3v) is 5.89. The topological polar surface area (TPSA) is 21.3 Å². The molecule has 20 heavy (non-hydrogen) atoms. The van der Waals surface area contributed by atoms with E-state index in [2.05, 4.69) is 24.4 Å². The molecule has 1 spiro atoms. The summed E-state index contributed by atoms with van der Waals surface area (Å²) in [6, 6.07) is 9.08. The SMILES string of the molecule is C[C@H](NC1CCOC2(CCSC2)C1)c1ccc(Cl)cc1. The van der Waals surface area contributed by atoms with Gasteiger partial charge in [0.2, 0.25) is 0 Å². The summed E-state index contributed by atoms with van der Waals surface area (Å²) in [5.74, 6) is 2.42. The third-order valence-electron chi connectivity index (χ3n) is 4.42. The Kier molecular flexibility index (Phi) is 4.61. The summed E-state index contributed by atoms with van der Waals surface area (Å²) in [4.78, 5) is 0. The van der Waals surface area contributed by atoms with Crippen molar-refractivity contribution >= 4 is 23.4 Å². The van der Waals surface area contributed by atoms with Crippen LogP contribution in [0, 0.1) is 0 Å². The van der Waals surface area contributed by atoms with E-state index in [1.54, 1.807) is 0 Å². The summed E-state index contributed by atoms with van der Waals surface area (Å²) >= 11 is 7.98. The second kappa shape index (κ2) is 6.27. The van der Waals surface area contributed by atoms with Gasteiger partial charge in [0.25, 0.3) is 0 Å². The van der Waals surface area contributed by atoms with Gasteiger partial charge < -0.3 is 10.1 Å². The molecule has 1 N–H and O–H groups in total. The number of rotatable bonds is 3. The first-order chi connectivity index (χ1) is 9.67. The van der Waals surface area contributed by atoms with Gasteiger partial charge in [0.15, 0.2) is 0 Å². The van der Waals surface area contributed by atoms with Gasteiger partial charge in [-0.2, -0.15) is 11.8 Å². The predicted molar refractivity (Wildman–Crippen MR) is 86.6 cm³/mol. The van der Waals surface area contributed by atoms with Crippen molar-refractivity contribution in [1.82, 2.24) is 5.32 Å². The van der Waals surface area contributed by atoms with Gasteiger partial charge in [-0.1, -0.05) is 23.7 Å². The number of benzene rings is 1. The number of hydrogen-bond donors (Lipinski definition) is 1. The minimum Gasteiger partial charge on any atom is -0.374 e. The molecular formula is C16H22ClNOS. The quantitative estimate of drug-likeness (QED) is 0.910. The van der Waals surface area contributed by atoms with Crippen LogP contribution in [0.1, 0.15) is 37.8 Å². The molecule has 2 aliphatic rings. The standard InChI is InChI=1S/C16H22ClNOS/c1-12(13-2-4-14(17)5-3-13)18-15-6-8-19-16(10-15)7-9-20-11-16/h2-5,12,15,18H,6-11H2,1H3/t12-,15?,16?/m0/s1. The fourth-order valence-electron chi connectivity index (χ4n) is 3.23. The number of hydrogen-bond acceptors (Lipinski definition) is 3. The zero-order valence-electron chi connectivity index (χ0n) is 11.9. The minimum absolute atomic E-state index is 0.153. The predicted octanol–water partition coefficient (Wildman–Crippen LogP) is 4.05. The molecule has 0 bridgehead atoms. The van der Waals surface area contributed by atoms with Crippen LogP contribution in [0.3, 0.4) is 0 Å². The fraction of sp³-hybridized carbons (Fsp3) is 0.625. The highest BCUT2D eigenvalue weighted by Gasteiger charge is 2.40. The normalized spacial score (nSPS) is 31.6. The van der Waals surface area contributed by atoms with Crippen LogP contribution < -0.4 is 5.32 Å². The summed E-state index contributed by atoms with van der Waals surface area (Å²) in [5.41, 5.74) is 1.45. The Morgan fingerprint density at radius 1 is 1.40 bits per heavy atom. The summed E-state index contributed by atoms with van der Waals surface area (Å²) in [7, 11) is 0. The molecule has 4 heteroatoms. The molecule has 3 rings (SSSR count). The lowest BCUT2D eigenvalue weighted by atomic mass is 9.89. The van der Waals surface area contributed by atoms with Gasteiger partial charge in [0.1, 0.15) is 0 Å². The zero-order valence-corrected chi connectivity index (χ0v) is 13.5. The van der Waals surface area contributed by atoms with Crippen molar-refractivity contribution in [1.29, 1.82) is 0 Å². The summed E-state index contributed by atoms with van der Waals surface area (Å²) in [6.45, 7) is 3.13. The summed E-state index contributed by atoms with van der Waals surface area (Å²) in [5, 5.41) is 4.57. The van der Waals surface area contributed by atoms with Crippen LogP contribution in [-0.4, -0.2) is 29.8 Å². The molecule has 110 valence electrons. The molecule has 0 saturated carbocycles. The van der Waals surface area contributed by atoms with Gasteiger partial charge >= 0.3 is 0 Å². The third kappa shape index (κ3) is 3.33. The van der Waals surface area contributed by atoms with Crippen LogP contribution >= 0.6 is 23.4 Å². The molecular weight excluding hydrogens is 290 g/mol. The van der Waals surface area contributed by atoms with Crippen LogP contribution in [0.5, 0.6) is 0 Å². The van der Waals surface area contributed by atoms with Crippen molar-refractivity contribution in [2.45, 2.75) is 43.9 Å². The Bertz CT molecular complexity index is 444. The van der Waals surface area contributed by atoms with Crippen LogP contribution in [-0.2, 0) is 4.74 Å². The first-order valence-electron chi connectivity index (χ1n) is 7.40. The number of thioether (sulfide) groups is 1. The molecule has 0 radical (unpaired) electrons. The lowest BCUT2D eigenvalue weighted by Gasteiger charge is -2.39. The van der Waals surface area contributed by atoms with Gasteiger partial charge in [-0.15, -0.1) is 0 Å². The molecule has 0 amide bonds. The van der Waals surface area contributed by atoms with Gasteiger partial charge in [-0.05, 0) is 49.6 Å². The molecule has 1 aromatic carbocycles. The molecule has 2 unspecified atom stereocenters. The molecule has 2 nitrogen and oxygen atoms in total. The molecule has 3 atom stereocenters. The maximum Gasteiger partial charge on any atom is 0.0795 e. The Hall–Kier alpha value is -0.220. The van der Waals surface area contributed by atoms with E-state index in [1.807, 2.05) is 23.9 Å². The zero-order chi connectivity index (χ0) is 14.0. The van der Waals surface area contributed by atoms with Crippen molar-refractivity contribution in [2.75, 3.05) is 18.1 Å². The lowest BCUT2D eigenvalue weighted by Crippen LogP contribution is -2.47. The van der Waals surface area contributed by atoms with E-state index >= 15 is 0 Å². The highest BCUT2D eigenvalue weighted by Crippen LogP contribution is 2.38. The fourth-order valence-corrected chi connectivity index (χ4v) is 4.74. The van der Waals surface area contributed by atoms with E-state index in [4.69, 9.17) is 16.3 Å². The Morgan fingerprint density at radius 2 is 2.20 bits per heavy atom. The first-order valence-corrected chi connectivity index (χ1v) is 8.93. The van der Waals surface area contributed by atoms with Crippen molar-refractivity contribution in [3.63, 3.8) is 0 Å². The van der Waals surface area contributed by atoms with Crippen LogP contribution in [0.4, 0.5) is 0 Å². The summed E-state index contributed by atoms with van der Waals surface area (Å²) in [6.07, 6.45) is 3.48. The van der Waals surface area contributed by atoms with Gasteiger partial charge in [0.05, 0.1) is 5.60 Å². The molecule has 2 heterocycles. The van der Waals surface area contributed by atoms with Crippen molar-refractivity contribution in [3.05, 3.63) is 34.9 Å². The van der Waals surface area contributed by atoms with Crippen LogP contribution in [0.2, 0.25) is 5.02 Å². The molecule has 2 saturated heterocycles. The van der Waals surface area contributed by atoms with E-state index < -0.39 is 0 Å². The van der Waals surface area contributed by atoms with E-state index in [9.17, 15) is 0 Å². The minimum atomic E-state index is 0.153. The van der Waals surface area contributed by atoms with E-state index in [-0.39, 0.29) is 5.60 Å². The average Bonchev–Trinajstić information content (AvgIpc) is 2.87. The molecule has 1 aromatic rings. The van der Waals surface area contributed by atoms with Crippen LogP contribution in [0.25, 0.3) is 0 Å². The van der Waals surface area contributed by atoms with Gasteiger partial charge in [-0.25, -0.2) is 0 Å². The second-order valence-electron chi connectivity index (χ2n) is 5.96. The van der Waals surface area contributed by atoms with E-state index in [0.29, 0.717) is 12.1 Å². The van der Waals surface area contributed by atoms with Crippen molar-refractivity contribution < 1.29 is 4.74 Å². The smallest absolute Gasteiger partial charge is 0.0795 e.